The van der Waals surface area contributed by atoms with Gasteiger partial charge >= 0.3 is 5.97 Å². The quantitative estimate of drug-likeness (QED) is 0.665. The van der Waals surface area contributed by atoms with Crippen LogP contribution in [-0.2, 0) is 19.1 Å². The van der Waals surface area contributed by atoms with E-state index in [1.807, 2.05) is 0 Å². The summed E-state index contributed by atoms with van der Waals surface area (Å²) in [6.07, 6.45) is 0.376. The van der Waals surface area contributed by atoms with Gasteiger partial charge in [-0.2, -0.15) is 0 Å². The minimum atomic E-state index is -0.882. The lowest BCUT2D eigenvalue weighted by Gasteiger charge is -2.27. The highest BCUT2D eigenvalue weighted by Crippen LogP contribution is 2.12. The van der Waals surface area contributed by atoms with Gasteiger partial charge in [-0.1, -0.05) is 0 Å². The third kappa shape index (κ3) is 7.65. The highest BCUT2D eigenvalue weighted by molar-refractivity contribution is 8.00. The fraction of sp³-hybridized carbons (Fsp3) is 0.786. The largest absolute Gasteiger partial charge is 0.481 e. The number of ether oxygens (including phenoxy) is 1. The van der Waals surface area contributed by atoms with Crippen molar-refractivity contribution in [1.29, 1.82) is 0 Å². The molecule has 2 amide bonds. The van der Waals surface area contributed by atoms with Crippen LogP contribution in [0.4, 0.5) is 0 Å². The Labute approximate surface area is 134 Å². The number of carbonyl (C=O) groups is 3. The van der Waals surface area contributed by atoms with E-state index in [4.69, 9.17) is 9.84 Å². The second-order valence-corrected chi connectivity index (χ2v) is 6.80. The van der Waals surface area contributed by atoms with Crippen LogP contribution < -0.4 is 5.32 Å². The van der Waals surface area contributed by atoms with Crippen molar-refractivity contribution in [1.82, 2.24) is 10.2 Å². The fourth-order valence-electron chi connectivity index (χ4n) is 2.03. The van der Waals surface area contributed by atoms with Gasteiger partial charge in [-0.05, 0) is 20.3 Å². The summed E-state index contributed by atoms with van der Waals surface area (Å²) in [6.45, 7) is 5.92. The van der Waals surface area contributed by atoms with Crippen LogP contribution in [0.3, 0.4) is 0 Å². The summed E-state index contributed by atoms with van der Waals surface area (Å²) < 4.78 is 5.18. The summed E-state index contributed by atoms with van der Waals surface area (Å²) in [5, 5.41) is 11.5. The number of hydrogen-bond donors (Lipinski definition) is 2. The van der Waals surface area contributed by atoms with Gasteiger partial charge in [0.25, 0.3) is 0 Å². The number of carboxylic acid groups (broad SMARTS) is 1. The van der Waals surface area contributed by atoms with E-state index in [9.17, 15) is 14.4 Å². The first-order valence-corrected chi connectivity index (χ1v) is 8.42. The van der Waals surface area contributed by atoms with Crippen molar-refractivity contribution in [2.75, 3.05) is 37.8 Å². The summed E-state index contributed by atoms with van der Waals surface area (Å²) in [4.78, 5) is 36.0. The van der Waals surface area contributed by atoms with Crippen LogP contribution in [0.25, 0.3) is 0 Å². The Morgan fingerprint density at radius 1 is 1.23 bits per heavy atom. The lowest BCUT2D eigenvalue weighted by atomic mass is 9.98. The maximum Gasteiger partial charge on any atom is 0.303 e. The molecule has 126 valence electrons. The smallest absolute Gasteiger partial charge is 0.303 e. The predicted molar refractivity (Wildman–Crippen MR) is 83.8 cm³/mol. The van der Waals surface area contributed by atoms with Crippen molar-refractivity contribution >= 4 is 29.5 Å². The van der Waals surface area contributed by atoms with Gasteiger partial charge in [0.15, 0.2) is 0 Å². The third-order valence-corrected chi connectivity index (χ3v) is 4.18. The average molecular weight is 332 g/mol. The van der Waals surface area contributed by atoms with Crippen molar-refractivity contribution in [3.05, 3.63) is 0 Å². The summed E-state index contributed by atoms with van der Waals surface area (Å²) in [7, 11) is 0. The van der Waals surface area contributed by atoms with Crippen LogP contribution in [0.1, 0.15) is 26.7 Å². The number of hydrogen-bond acceptors (Lipinski definition) is 5. The molecule has 0 saturated carbocycles. The maximum absolute atomic E-state index is 11.9. The van der Waals surface area contributed by atoms with Crippen LogP contribution in [0.2, 0.25) is 0 Å². The molecule has 0 aromatic carbocycles. The topological polar surface area (TPSA) is 95.9 Å². The van der Waals surface area contributed by atoms with Gasteiger partial charge in [0.05, 0.1) is 24.7 Å². The molecule has 0 bridgehead atoms. The standard InChI is InChI=1S/C14H24N2O5S/c1-14(2,4-3-13(19)20)15-11(17)9-22-10-12(18)16-5-7-21-8-6-16/h3-10H2,1-2H3,(H,15,17)(H,19,20). The Morgan fingerprint density at radius 2 is 1.86 bits per heavy atom. The fourth-order valence-corrected chi connectivity index (χ4v) is 2.75. The second kappa shape index (κ2) is 8.99. The zero-order valence-electron chi connectivity index (χ0n) is 13.1. The number of nitrogens with one attached hydrogen (secondary N) is 1. The monoisotopic (exact) mass is 332 g/mol. The van der Waals surface area contributed by atoms with E-state index in [0.717, 1.165) is 0 Å². The molecule has 1 rings (SSSR count). The molecule has 2 N–H and O–H groups in total. The average Bonchev–Trinajstić information content (AvgIpc) is 2.45. The van der Waals surface area contributed by atoms with Gasteiger partial charge in [0.2, 0.25) is 11.8 Å². The van der Waals surface area contributed by atoms with Crippen LogP contribution in [0.5, 0.6) is 0 Å². The minimum Gasteiger partial charge on any atom is -0.481 e. The molecule has 0 radical (unpaired) electrons. The van der Waals surface area contributed by atoms with E-state index in [1.165, 1.54) is 11.8 Å². The lowest BCUT2D eigenvalue weighted by molar-refractivity contribution is -0.137. The summed E-state index contributed by atoms with van der Waals surface area (Å²) in [5.41, 5.74) is -0.565. The van der Waals surface area contributed by atoms with Crippen LogP contribution in [-0.4, -0.2) is 71.1 Å². The predicted octanol–water partition coefficient (Wildman–Crippen LogP) is 0.338. The van der Waals surface area contributed by atoms with Crippen LogP contribution in [0, 0.1) is 0 Å². The van der Waals surface area contributed by atoms with Crippen molar-refractivity contribution in [3.63, 3.8) is 0 Å². The summed E-state index contributed by atoms with van der Waals surface area (Å²) in [5.74, 6) is -0.593. The summed E-state index contributed by atoms with van der Waals surface area (Å²) >= 11 is 1.27. The Morgan fingerprint density at radius 3 is 2.45 bits per heavy atom. The number of morpholine rings is 1. The molecule has 0 atom stereocenters. The van der Waals surface area contributed by atoms with E-state index >= 15 is 0 Å². The van der Waals surface area contributed by atoms with Crippen molar-refractivity contribution in [2.24, 2.45) is 0 Å². The van der Waals surface area contributed by atoms with E-state index in [0.29, 0.717) is 32.7 Å². The van der Waals surface area contributed by atoms with E-state index < -0.39 is 11.5 Å². The minimum absolute atomic E-state index is 0.00986. The molecular formula is C14H24N2O5S. The zero-order valence-corrected chi connectivity index (χ0v) is 13.9. The van der Waals surface area contributed by atoms with Crippen LogP contribution >= 0.6 is 11.8 Å². The molecule has 0 unspecified atom stereocenters. The number of thioether (sulfide) groups is 1. The molecule has 1 aliphatic rings. The number of aliphatic carboxylic acids is 1. The molecule has 8 heteroatoms. The Balaban J connectivity index is 2.21. The van der Waals surface area contributed by atoms with Gasteiger partial charge in [0, 0.05) is 25.0 Å². The van der Waals surface area contributed by atoms with Gasteiger partial charge in [0.1, 0.15) is 0 Å². The molecule has 1 heterocycles. The third-order valence-electron chi connectivity index (χ3n) is 3.26. The molecule has 0 aliphatic carbocycles. The number of carboxylic acids is 1. The first-order valence-electron chi connectivity index (χ1n) is 7.26. The Kier molecular flexibility index (Phi) is 7.67. The van der Waals surface area contributed by atoms with Crippen LogP contribution in [0.15, 0.2) is 0 Å². The number of rotatable bonds is 8. The number of carbonyl (C=O) groups excluding carboxylic acids is 2. The molecule has 0 aromatic rings. The first-order chi connectivity index (χ1) is 10.3. The molecule has 7 nitrogen and oxygen atoms in total. The van der Waals surface area contributed by atoms with Crippen molar-refractivity contribution in [2.45, 2.75) is 32.2 Å². The Bertz CT molecular complexity index is 408. The first kappa shape index (κ1) is 18.8. The van der Waals surface area contributed by atoms with E-state index in [1.54, 1.807) is 18.7 Å². The second-order valence-electron chi connectivity index (χ2n) is 5.81. The van der Waals surface area contributed by atoms with Gasteiger partial charge in [-0.25, -0.2) is 0 Å². The van der Waals surface area contributed by atoms with Gasteiger partial charge in [-0.3, -0.25) is 14.4 Å². The van der Waals surface area contributed by atoms with Crippen molar-refractivity contribution in [3.8, 4) is 0 Å². The molecule has 1 fully saturated rings. The lowest BCUT2D eigenvalue weighted by Crippen LogP contribution is -2.45. The maximum atomic E-state index is 11.9. The molecule has 0 aromatic heterocycles. The molecule has 0 spiro atoms. The molecule has 1 saturated heterocycles. The summed E-state index contributed by atoms with van der Waals surface area (Å²) in [6, 6.07) is 0. The highest BCUT2D eigenvalue weighted by Gasteiger charge is 2.22. The number of amides is 2. The Hall–Kier alpha value is -1.28. The SMILES string of the molecule is CC(C)(CCC(=O)O)NC(=O)CSCC(=O)N1CCOCC1. The molecular weight excluding hydrogens is 308 g/mol. The van der Waals surface area contributed by atoms with Gasteiger partial charge < -0.3 is 20.1 Å². The molecule has 1 aliphatic heterocycles. The normalized spacial score (nSPS) is 15.5. The van der Waals surface area contributed by atoms with Gasteiger partial charge in [-0.15, -0.1) is 11.8 Å². The zero-order chi connectivity index (χ0) is 16.6. The molecule has 22 heavy (non-hydrogen) atoms. The van der Waals surface area contributed by atoms with E-state index in [2.05, 4.69) is 5.32 Å². The number of nitrogens with zero attached hydrogens (tertiary/aromatic N) is 1. The highest BCUT2D eigenvalue weighted by atomic mass is 32.2. The van der Waals surface area contributed by atoms with Crippen molar-refractivity contribution < 1.29 is 24.2 Å². The van der Waals surface area contributed by atoms with E-state index in [-0.39, 0.29) is 29.7 Å².